The zero-order valence-corrected chi connectivity index (χ0v) is 26.1. The maximum atomic E-state index is 13.8. The van der Waals surface area contributed by atoms with Crippen molar-refractivity contribution in [3.63, 3.8) is 0 Å². The SMILES string of the molecule is C[C@@H]1CN(c2nc(=O)n3c4c(c(Br)c(Cl)cc24)SC[C@@H]3CN2C[C@@H]3C[C@H]2CO3)[C@@H](C)CN1C(=O)OC(C)(C)C. The predicted octanol–water partition coefficient (Wildman–Crippen LogP) is 4.77. The van der Waals surface area contributed by atoms with Gasteiger partial charge in [-0.1, -0.05) is 11.6 Å². The fourth-order valence-electron chi connectivity index (χ4n) is 6.35. The fraction of sp³-hybridized carbons (Fsp3) is 0.667. The molecule has 1 amide bonds. The Morgan fingerprint density at radius 1 is 1.26 bits per heavy atom. The maximum absolute atomic E-state index is 13.8. The number of hydrogen-bond donors (Lipinski definition) is 0. The molecule has 3 fully saturated rings. The maximum Gasteiger partial charge on any atom is 0.410 e. The third-order valence-corrected chi connectivity index (χ3v) is 11.0. The number of carbonyl (C=O) groups is 1. The number of hydrogen-bond acceptors (Lipinski definition) is 8. The van der Waals surface area contributed by atoms with Gasteiger partial charge in [-0.15, -0.1) is 11.8 Å². The van der Waals surface area contributed by atoms with E-state index in [0.29, 0.717) is 36.1 Å². The summed E-state index contributed by atoms with van der Waals surface area (Å²) < 4.78 is 14.2. The number of fused-ring (bicyclic) bond motifs is 2. The highest BCUT2D eigenvalue weighted by atomic mass is 79.9. The summed E-state index contributed by atoms with van der Waals surface area (Å²) >= 11 is 12.2. The van der Waals surface area contributed by atoms with Crippen LogP contribution in [0, 0.1) is 0 Å². The number of aromatic nitrogens is 2. The molecule has 39 heavy (non-hydrogen) atoms. The molecular weight excluding hydrogens is 606 g/mol. The molecule has 12 heteroatoms. The molecule has 3 saturated heterocycles. The molecule has 0 spiro atoms. The van der Waals surface area contributed by atoms with Gasteiger partial charge in [-0.05, 0) is 63.0 Å². The minimum Gasteiger partial charge on any atom is -0.444 e. The van der Waals surface area contributed by atoms with Crippen LogP contribution < -0.4 is 10.6 Å². The largest absolute Gasteiger partial charge is 0.444 e. The molecule has 0 saturated carbocycles. The van der Waals surface area contributed by atoms with Gasteiger partial charge < -0.3 is 19.3 Å². The van der Waals surface area contributed by atoms with Crippen LogP contribution in [0.2, 0.25) is 5.02 Å². The Hall–Kier alpha value is -1.53. The fourth-order valence-corrected chi connectivity index (χ4v) is 8.45. The molecule has 9 nitrogen and oxygen atoms in total. The van der Waals surface area contributed by atoms with Crippen LogP contribution in [0.5, 0.6) is 0 Å². The zero-order valence-electron chi connectivity index (χ0n) is 22.9. The highest BCUT2D eigenvalue weighted by Crippen LogP contribution is 2.46. The Bertz CT molecular complexity index is 1380. The van der Waals surface area contributed by atoms with Crippen LogP contribution in [0.15, 0.2) is 20.2 Å². The summed E-state index contributed by atoms with van der Waals surface area (Å²) in [6, 6.07) is 2.17. The van der Waals surface area contributed by atoms with E-state index < -0.39 is 5.60 Å². The lowest BCUT2D eigenvalue weighted by Crippen LogP contribution is -2.59. The first kappa shape index (κ1) is 27.6. The van der Waals surface area contributed by atoms with Crippen molar-refractivity contribution in [2.45, 2.75) is 81.8 Å². The topological polar surface area (TPSA) is 80.1 Å². The molecule has 2 aromatic rings. The van der Waals surface area contributed by atoms with E-state index in [-0.39, 0.29) is 29.9 Å². The van der Waals surface area contributed by atoms with Gasteiger partial charge in [-0.25, -0.2) is 9.59 Å². The summed E-state index contributed by atoms with van der Waals surface area (Å²) in [5.74, 6) is 1.40. The van der Waals surface area contributed by atoms with Gasteiger partial charge in [0.25, 0.3) is 0 Å². The summed E-state index contributed by atoms with van der Waals surface area (Å²) in [6.07, 6.45) is 1.06. The van der Waals surface area contributed by atoms with Crippen LogP contribution in [-0.4, -0.2) is 93.8 Å². The minimum atomic E-state index is -0.566. The highest BCUT2D eigenvalue weighted by Gasteiger charge is 2.41. The van der Waals surface area contributed by atoms with Gasteiger partial charge in [0.05, 0.1) is 33.8 Å². The quantitative estimate of drug-likeness (QED) is 0.475. The van der Waals surface area contributed by atoms with Crippen LogP contribution in [0.25, 0.3) is 10.9 Å². The molecule has 2 bridgehead atoms. The molecule has 4 aliphatic rings. The Morgan fingerprint density at radius 3 is 2.69 bits per heavy atom. The molecule has 0 N–H and O–H groups in total. The summed E-state index contributed by atoms with van der Waals surface area (Å²) in [7, 11) is 0. The first-order valence-corrected chi connectivity index (χ1v) is 15.8. The Morgan fingerprint density at radius 2 is 2.03 bits per heavy atom. The number of amides is 1. The second-order valence-electron chi connectivity index (χ2n) is 12.2. The Labute approximate surface area is 246 Å². The number of anilines is 1. The lowest BCUT2D eigenvalue weighted by Gasteiger charge is -2.45. The first-order chi connectivity index (χ1) is 18.4. The number of nitrogens with zero attached hydrogens (tertiary/aromatic N) is 5. The second kappa shape index (κ2) is 10.1. The number of ether oxygens (including phenoxy) is 2. The number of carbonyl (C=O) groups excluding carboxylic acids is 1. The predicted molar refractivity (Wildman–Crippen MR) is 157 cm³/mol. The molecule has 4 aliphatic heterocycles. The van der Waals surface area contributed by atoms with Crippen LogP contribution in [0.4, 0.5) is 10.6 Å². The van der Waals surface area contributed by atoms with Crippen molar-refractivity contribution in [3.8, 4) is 0 Å². The van der Waals surface area contributed by atoms with Crippen LogP contribution in [-0.2, 0) is 9.47 Å². The minimum absolute atomic E-state index is 0.00633. The summed E-state index contributed by atoms with van der Waals surface area (Å²) in [6.45, 7) is 13.2. The summed E-state index contributed by atoms with van der Waals surface area (Å²) in [4.78, 5) is 38.8. The van der Waals surface area contributed by atoms with E-state index in [4.69, 9.17) is 26.1 Å². The number of rotatable bonds is 3. The molecule has 5 atom stereocenters. The van der Waals surface area contributed by atoms with Gasteiger partial charge >= 0.3 is 11.8 Å². The van der Waals surface area contributed by atoms with Crippen LogP contribution >= 0.6 is 39.3 Å². The van der Waals surface area contributed by atoms with Crippen LogP contribution in [0.1, 0.15) is 47.1 Å². The molecule has 0 aliphatic carbocycles. The van der Waals surface area contributed by atoms with Crippen LogP contribution in [0.3, 0.4) is 0 Å². The Kier molecular flexibility index (Phi) is 7.14. The van der Waals surface area contributed by atoms with E-state index in [1.165, 1.54) is 0 Å². The highest BCUT2D eigenvalue weighted by molar-refractivity contribution is 9.10. The summed E-state index contributed by atoms with van der Waals surface area (Å²) in [5, 5.41) is 1.46. The van der Waals surface area contributed by atoms with E-state index in [2.05, 4.69) is 32.7 Å². The monoisotopic (exact) mass is 639 g/mol. The van der Waals surface area contributed by atoms with E-state index >= 15 is 0 Å². The molecular formula is C27H35BrClN5O4S. The third kappa shape index (κ3) is 4.96. The molecule has 0 radical (unpaired) electrons. The molecule has 1 aromatic heterocycles. The number of benzene rings is 1. The van der Waals surface area contributed by atoms with Crippen molar-refractivity contribution in [3.05, 3.63) is 26.0 Å². The average molecular weight is 641 g/mol. The first-order valence-electron chi connectivity index (χ1n) is 13.6. The van der Waals surface area contributed by atoms with Crippen molar-refractivity contribution in [2.24, 2.45) is 0 Å². The summed E-state index contributed by atoms with van der Waals surface area (Å²) in [5.41, 5.74) is 0.0784. The number of thioether (sulfide) groups is 1. The van der Waals surface area contributed by atoms with Gasteiger partial charge in [0.1, 0.15) is 11.4 Å². The molecule has 1 aromatic carbocycles. The number of likely N-dealkylation sites (tertiary alicyclic amines) is 1. The number of halogens is 2. The lowest BCUT2D eigenvalue weighted by atomic mass is 10.1. The van der Waals surface area contributed by atoms with E-state index in [1.807, 2.05) is 38.3 Å². The van der Waals surface area contributed by atoms with E-state index in [1.54, 1.807) is 16.7 Å². The van der Waals surface area contributed by atoms with Crippen molar-refractivity contribution >= 4 is 62.1 Å². The number of piperazine rings is 1. The standard InChI is InChI=1S/C27H35BrClN5O4S/c1-14-9-33(26(36)38-27(3,4)5)15(2)8-32(14)24-19-7-20(29)21(28)23-22(19)34(25(35)30-24)17(13-39-23)10-31-11-18-6-16(31)12-37-18/h7,14-18H,6,8-13H2,1-5H3/t14-,15+,16-,17-,18-/m0/s1. The van der Waals surface area contributed by atoms with Gasteiger partial charge in [0.2, 0.25) is 0 Å². The van der Waals surface area contributed by atoms with Gasteiger partial charge in [0, 0.05) is 60.3 Å². The van der Waals surface area contributed by atoms with Gasteiger partial charge in [0.15, 0.2) is 0 Å². The number of morpholine rings is 1. The van der Waals surface area contributed by atoms with Crippen molar-refractivity contribution in [1.29, 1.82) is 0 Å². The average Bonchev–Trinajstić information content (AvgIpc) is 3.48. The third-order valence-electron chi connectivity index (χ3n) is 8.17. The zero-order chi connectivity index (χ0) is 27.8. The van der Waals surface area contributed by atoms with Gasteiger partial charge in [-0.3, -0.25) is 9.47 Å². The van der Waals surface area contributed by atoms with Crippen molar-refractivity contribution in [1.82, 2.24) is 19.4 Å². The normalized spacial score (nSPS) is 28.9. The lowest BCUT2D eigenvalue weighted by molar-refractivity contribution is 0.0130. The van der Waals surface area contributed by atoms with Gasteiger partial charge in [-0.2, -0.15) is 4.98 Å². The van der Waals surface area contributed by atoms with Crippen molar-refractivity contribution < 1.29 is 14.3 Å². The molecule has 6 rings (SSSR count). The molecule has 5 heterocycles. The second-order valence-corrected chi connectivity index (χ2v) is 14.5. The smallest absolute Gasteiger partial charge is 0.410 e. The van der Waals surface area contributed by atoms with E-state index in [9.17, 15) is 9.59 Å². The molecule has 0 unspecified atom stereocenters. The van der Waals surface area contributed by atoms with Crippen molar-refractivity contribution in [2.75, 3.05) is 43.4 Å². The Balaban J connectivity index is 1.37. The van der Waals surface area contributed by atoms with E-state index in [0.717, 1.165) is 52.1 Å². The molecule has 212 valence electrons.